The number of thiophene rings is 1. The maximum Gasteiger partial charge on any atom is 0.261 e. The van der Waals surface area contributed by atoms with Crippen molar-refractivity contribution in [3.05, 3.63) is 52.0 Å². The third-order valence-electron chi connectivity index (χ3n) is 5.50. The van der Waals surface area contributed by atoms with Gasteiger partial charge in [-0.2, -0.15) is 0 Å². The summed E-state index contributed by atoms with van der Waals surface area (Å²) in [7, 11) is -0.639. The summed E-state index contributed by atoms with van der Waals surface area (Å²) in [6, 6.07) is 9.00. The standard InChI is InChI=1S/C23H24ClN3O4S2/c1-13-10-18(27-33(29,30)17-9-5-7-15(24)12-17)20-19(14-6-4-8-16(11-14)31-3)21(22(28)25-2)32-23(20)26-13/h4,6,8,10-12,17H,5,7,9H2,1-3H3,(H,25,28)(H,26,27). The molecule has 2 aromatic heterocycles. The smallest absolute Gasteiger partial charge is 0.261 e. The molecule has 1 amide bonds. The van der Waals surface area contributed by atoms with Gasteiger partial charge in [0, 0.05) is 28.7 Å². The number of hydrogen-bond donors (Lipinski definition) is 2. The zero-order chi connectivity index (χ0) is 23.8. The van der Waals surface area contributed by atoms with Crippen LogP contribution in [0.25, 0.3) is 21.3 Å². The number of ether oxygens (including phenoxy) is 1. The number of rotatable bonds is 6. The van der Waals surface area contributed by atoms with Crippen molar-refractivity contribution in [2.75, 3.05) is 18.9 Å². The highest BCUT2D eigenvalue weighted by Gasteiger charge is 2.29. The first kappa shape index (κ1) is 23.5. The Balaban J connectivity index is 1.94. The SMILES string of the molecule is CNC(=O)c1sc2nc(C)cc(NS(=O)(=O)C3C=C(Cl)CCC3)c2c1-c1cccc(OC)c1. The van der Waals surface area contributed by atoms with Crippen LogP contribution in [-0.4, -0.2) is 38.7 Å². The predicted molar refractivity (Wildman–Crippen MR) is 134 cm³/mol. The molecule has 0 spiro atoms. The molecule has 1 aromatic carbocycles. The number of hydrogen-bond acceptors (Lipinski definition) is 6. The lowest BCUT2D eigenvalue weighted by Gasteiger charge is -2.20. The summed E-state index contributed by atoms with van der Waals surface area (Å²) < 4.78 is 34.7. The van der Waals surface area contributed by atoms with Crippen molar-refractivity contribution in [1.82, 2.24) is 10.3 Å². The number of pyridine rings is 1. The molecular formula is C23H24ClN3O4S2. The minimum Gasteiger partial charge on any atom is -0.497 e. The average molecular weight is 506 g/mol. The van der Waals surface area contributed by atoms with Crippen LogP contribution in [0.4, 0.5) is 5.69 Å². The highest BCUT2D eigenvalue weighted by atomic mass is 35.5. The minimum absolute atomic E-state index is 0.274. The quantitative estimate of drug-likeness (QED) is 0.488. The number of carbonyl (C=O) groups excluding carboxylic acids is 1. The van der Waals surface area contributed by atoms with E-state index >= 15 is 0 Å². The van der Waals surface area contributed by atoms with Gasteiger partial charge in [-0.25, -0.2) is 13.4 Å². The van der Waals surface area contributed by atoms with Crippen molar-refractivity contribution in [2.45, 2.75) is 31.4 Å². The molecule has 4 rings (SSSR count). The van der Waals surface area contributed by atoms with E-state index in [1.165, 1.54) is 11.3 Å². The molecule has 1 unspecified atom stereocenters. The summed E-state index contributed by atoms with van der Waals surface area (Å²) in [5.74, 6) is 0.350. The molecule has 1 aliphatic rings. The highest BCUT2D eigenvalue weighted by molar-refractivity contribution is 7.93. The largest absolute Gasteiger partial charge is 0.497 e. The van der Waals surface area contributed by atoms with E-state index in [0.29, 0.717) is 62.1 Å². The van der Waals surface area contributed by atoms with Crippen molar-refractivity contribution in [3.63, 3.8) is 0 Å². The Labute approximate surface area is 201 Å². The normalized spacial score (nSPS) is 16.4. The molecule has 2 N–H and O–H groups in total. The molecule has 0 aliphatic heterocycles. The second kappa shape index (κ2) is 9.32. The highest BCUT2D eigenvalue weighted by Crippen LogP contribution is 2.43. The van der Waals surface area contributed by atoms with Crippen molar-refractivity contribution < 1.29 is 17.9 Å². The second-order valence-electron chi connectivity index (χ2n) is 7.80. The molecule has 0 radical (unpaired) electrons. The number of amides is 1. The summed E-state index contributed by atoms with van der Waals surface area (Å²) in [5.41, 5.74) is 2.36. The van der Waals surface area contributed by atoms with Gasteiger partial charge in [-0.3, -0.25) is 9.52 Å². The summed E-state index contributed by atoms with van der Waals surface area (Å²) in [6.07, 6.45) is 3.49. The Morgan fingerprint density at radius 3 is 2.79 bits per heavy atom. The molecule has 10 heteroatoms. The number of aromatic nitrogens is 1. The van der Waals surface area contributed by atoms with Crippen LogP contribution in [-0.2, 0) is 10.0 Å². The lowest BCUT2D eigenvalue weighted by molar-refractivity contribution is 0.0967. The molecule has 174 valence electrons. The molecule has 0 saturated carbocycles. The molecule has 0 bridgehead atoms. The fourth-order valence-electron chi connectivity index (χ4n) is 3.94. The van der Waals surface area contributed by atoms with Crippen molar-refractivity contribution in [3.8, 4) is 16.9 Å². The van der Waals surface area contributed by atoms with Crippen molar-refractivity contribution >= 4 is 54.8 Å². The molecule has 1 aliphatic carbocycles. The number of carbonyl (C=O) groups is 1. The van der Waals surface area contributed by atoms with Crippen molar-refractivity contribution in [1.29, 1.82) is 0 Å². The van der Waals surface area contributed by atoms with Crippen LogP contribution in [0.3, 0.4) is 0 Å². The van der Waals surface area contributed by atoms with Gasteiger partial charge < -0.3 is 10.1 Å². The van der Waals surface area contributed by atoms with Gasteiger partial charge in [0.2, 0.25) is 10.0 Å². The third-order valence-corrected chi connectivity index (χ3v) is 8.57. The van der Waals surface area contributed by atoms with E-state index in [0.717, 1.165) is 5.56 Å². The number of aryl methyl sites for hydroxylation is 1. The monoisotopic (exact) mass is 505 g/mol. The maximum atomic E-state index is 13.3. The van der Waals surface area contributed by atoms with Gasteiger partial charge in [-0.15, -0.1) is 11.3 Å². The van der Waals surface area contributed by atoms with Crippen LogP contribution in [0.1, 0.15) is 34.6 Å². The van der Waals surface area contributed by atoms with Crippen LogP contribution >= 0.6 is 22.9 Å². The van der Waals surface area contributed by atoms with Gasteiger partial charge in [0.05, 0.1) is 18.0 Å². The van der Waals surface area contributed by atoms with Gasteiger partial charge in [-0.05, 0) is 49.9 Å². The maximum absolute atomic E-state index is 13.3. The van der Waals surface area contributed by atoms with Gasteiger partial charge in [0.15, 0.2) is 0 Å². The van der Waals surface area contributed by atoms with E-state index in [4.69, 9.17) is 16.3 Å². The third kappa shape index (κ3) is 4.71. The topological polar surface area (TPSA) is 97.4 Å². The Kier molecular flexibility index (Phi) is 6.65. The van der Waals surface area contributed by atoms with E-state index in [2.05, 4.69) is 15.0 Å². The first-order valence-electron chi connectivity index (χ1n) is 10.4. The summed E-state index contributed by atoms with van der Waals surface area (Å²) in [4.78, 5) is 18.4. The second-order valence-corrected chi connectivity index (χ2v) is 11.2. The van der Waals surface area contributed by atoms with Gasteiger partial charge in [-0.1, -0.05) is 29.8 Å². The first-order chi connectivity index (χ1) is 15.7. The number of sulfonamides is 1. The molecule has 3 aromatic rings. The lowest BCUT2D eigenvalue weighted by Crippen LogP contribution is -2.28. The van der Waals surface area contributed by atoms with Gasteiger partial charge in [0.25, 0.3) is 5.91 Å². The Morgan fingerprint density at radius 2 is 2.09 bits per heavy atom. The lowest BCUT2D eigenvalue weighted by atomic mass is 10.0. The van der Waals surface area contributed by atoms with E-state index in [-0.39, 0.29) is 5.91 Å². The average Bonchev–Trinajstić information content (AvgIpc) is 3.18. The van der Waals surface area contributed by atoms with Crippen LogP contribution in [0.5, 0.6) is 5.75 Å². The van der Waals surface area contributed by atoms with Crippen LogP contribution in [0.15, 0.2) is 41.4 Å². The summed E-state index contributed by atoms with van der Waals surface area (Å²) in [6.45, 7) is 1.79. The zero-order valence-electron chi connectivity index (χ0n) is 18.4. The predicted octanol–water partition coefficient (Wildman–Crippen LogP) is 5.06. The summed E-state index contributed by atoms with van der Waals surface area (Å²) in [5, 5.41) is 3.08. The number of allylic oxidation sites excluding steroid dienone is 1. The Bertz CT molecular complexity index is 1370. The number of halogens is 1. The minimum atomic E-state index is -3.77. The van der Waals surface area contributed by atoms with E-state index in [9.17, 15) is 13.2 Å². The Morgan fingerprint density at radius 1 is 1.30 bits per heavy atom. The van der Waals surface area contributed by atoms with E-state index in [1.807, 2.05) is 24.3 Å². The zero-order valence-corrected chi connectivity index (χ0v) is 20.8. The van der Waals surface area contributed by atoms with Crippen molar-refractivity contribution in [2.24, 2.45) is 0 Å². The number of fused-ring (bicyclic) bond motifs is 1. The number of nitrogens with one attached hydrogen (secondary N) is 2. The fraction of sp³-hybridized carbons (Fsp3) is 0.304. The van der Waals surface area contributed by atoms with Crippen LogP contribution < -0.4 is 14.8 Å². The molecule has 1 atom stereocenters. The molecule has 33 heavy (non-hydrogen) atoms. The Hall–Kier alpha value is -2.62. The molecule has 0 saturated heterocycles. The van der Waals surface area contributed by atoms with E-state index in [1.54, 1.807) is 33.2 Å². The molecule has 2 heterocycles. The van der Waals surface area contributed by atoms with Crippen LogP contribution in [0.2, 0.25) is 0 Å². The number of nitrogens with zero attached hydrogens (tertiary/aromatic N) is 1. The number of anilines is 1. The van der Waals surface area contributed by atoms with E-state index < -0.39 is 15.3 Å². The number of methoxy groups -OCH3 is 1. The number of benzene rings is 1. The molecule has 0 fully saturated rings. The van der Waals surface area contributed by atoms with Crippen LogP contribution in [0, 0.1) is 6.92 Å². The van der Waals surface area contributed by atoms with Gasteiger partial charge in [0.1, 0.15) is 15.5 Å². The first-order valence-corrected chi connectivity index (χ1v) is 13.2. The van der Waals surface area contributed by atoms with Gasteiger partial charge >= 0.3 is 0 Å². The molecular weight excluding hydrogens is 482 g/mol. The fourth-order valence-corrected chi connectivity index (χ4v) is 6.96. The summed E-state index contributed by atoms with van der Waals surface area (Å²) >= 11 is 7.36. The molecule has 7 nitrogen and oxygen atoms in total.